The lowest BCUT2D eigenvalue weighted by molar-refractivity contribution is -0.129. The first kappa shape index (κ1) is 18.0. The number of fused-ring (bicyclic) bond motifs is 1. The van der Waals surface area contributed by atoms with Crippen LogP contribution in [0.3, 0.4) is 0 Å². The predicted molar refractivity (Wildman–Crippen MR) is 105 cm³/mol. The standard InChI is InChI=1S/C22H28N4O/c1-3-4-17-11-22(27)25(13-17)14-26-20-8-5-16(12-23)10-19(20)24-21(26)9-15(2)18-6-7-18/h5,8,10,15,17-18H,3-4,6-7,9,11,13-14H2,1-2H3. The summed E-state index contributed by atoms with van der Waals surface area (Å²) < 4.78 is 2.21. The summed E-state index contributed by atoms with van der Waals surface area (Å²) in [5, 5.41) is 9.21. The van der Waals surface area contributed by atoms with E-state index in [2.05, 4.69) is 24.5 Å². The Bertz CT molecular complexity index is 890. The molecule has 2 unspecified atom stereocenters. The lowest BCUT2D eigenvalue weighted by Crippen LogP contribution is -2.29. The molecular formula is C22H28N4O. The Balaban J connectivity index is 1.64. The number of carbonyl (C=O) groups excluding carboxylic acids is 1. The fourth-order valence-corrected chi connectivity index (χ4v) is 4.45. The zero-order chi connectivity index (χ0) is 19.0. The quantitative estimate of drug-likeness (QED) is 0.743. The van der Waals surface area contributed by atoms with Crippen molar-refractivity contribution < 1.29 is 4.79 Å². The summed E-state index contributed by atoms with van der Waals surface area (Å²) in [6.07, 6.45) is 6.49. The van der Waals surface area contributed by atoms with Crippen LogP contribution in [0.2, 0.25) is 0 Å². The van der Waals surface area contributed by atoms with Crippen molar-refractivity contribution in [3.63, 3.8) is 0 Å². The minimum absolute atomic E-state index is 0.255. The van der Waals surface area contributed by atoms with Crippen LogP contribution in [0.5, 0.6) is 0 Å². The van der Waals surface area contributed by atoms with E-state index in [1.54, 1.807) is 0 Å². The summed E-state index contributed by atoms with van der Waals surface area (Å²) in [6, 6.07) is 7.90. The molecule has 1 amide bonds. The monoisotopic (exact) mass is 364 g/mol. The van der Waals surface area contributed by atoms with Crippen LogP contribution in [0.4, 0.5) is 0 Å². The van der Waals surface area contributed by atoms with Gasteiger partial charge < -0.3 is 9.47 Å². The van der Waals surface area contributed by atoms with Gasteiger partial charge in [0, 0.05) is 19.4 Å². The van der Waals surface area contributed by atoms with Gasteiger partial charge in [-0.25, -0.2) is 4.98 Å². The normalized spacial score (nSPS) is 21.0. The summed E-state index contributed by atoms with van der Waals surface area (Å²) in [6.45, 7) is 5.91. The molecule has 1 aromatic carbocycles. The zero-order valence-corrected chi connectivity index (χ0v) is 16.3. The Morgan fingerprint density at radius 3 is 2.89 bits per heavy atom. The number of hydrogen-bond acceptors (Lipinski definition) is 3. The molecule has 2 atom stereocenters. The second-order valence-electron chi connectivity index (χ2n) is 8.41. The highest BCUT2D eigenvalue weighted by molar-refractivity contribution is 5.80. The molecule has 5 heteroatoms. The molecule has 2 heterocycles. The summed E-state index contributed by atoms with van der Waals surface area (Å²) >= 11 is 0. The molecule has 1 aromatic heterocycles. The van der Waals surface area contributed by atoms with Crippen molar-refractivity contribution >= 4 is 16.9 Å². The molecule has 0 spiro atoms. The number of aromatic nitrogens is 2. The van der Waals surface area contributed by atoms with Crippen LogP contribution < -0.4 is 0 Å². The maximum atomic E-state index is 12.5. The van der Waals surface area contributed by atoms with Crippen molar-refractivity contribution in [2.75, 3.05) is 6.54 Å². The van der Waals surface area contributed by atoms with E-state index in [9.17, 15) is 10.1 Å². The molecule has 2 aliphatic rings. The highest BCUT2D eigenvalue weighted by atomic mass is 16.2. The Morgan fingerprint density at radius 1 is 1.37 bits per heavy atom. The third kappa shape index (κ3) is 3.71. The van der Waals surface area contributed by atoms with Crippen LogP contribution in [-0.4, -0.2) is 26.9 Å². The van der Waals surface area contributed by atoms with Gasteiger partial charge in [0.1, 0.15) is 5.82 Å². The largest absolute Gasteiger partial charge is 0.324 e. The molecule has 4 rings (SSSR count). The van der Waals surface area contributed by atoms with Crippen molar-refractivity contribution in [3.8, 4) is 6.07 Å². The number of rotatable bonds is 7. The van der Waals surface area contributed by atoms with Gasteiger partial charge in [0.25, 0.3) is 0 Å². The van der Waals surface area contributed by atoms with Gasteiger partial charge in [-0.05, 0) is 55.2 Å². The summed E-state index contributed by atoms with van der Waals surface area (Å²) in [5.41, 5.74) is 2.52. The van der Waals surface area contributed by atoms with E-state index in [1.165, 1.54) is 12.8 Å². The molecule has 1 saturated carbocycles. The Morgan fingerprint density at radius 2 is 2.19 bits per heavy atom. The molecule has 0 radical (unpaired) electrons. The van der Waals surface area contributed by atoms with E-state index >= 15 is 0 Å². The van der Waals surface area contributed by atoms with Crippen LogP contribution in [0, 0.1) is 29.1 Å². The van der Waals surface area contributed by atoms with Gasteiger partial charge in [-0.15, -0.1) is 0 Å². The second-order valence-corrected chi connectivity index (χ2v) is 8.41. The van der Waals surface area contributed by atoms with Crippen LogP contribution in [0.25, 0.3) is 11.0 Å². The third-order valence-electron chi connectivity index (χ3n) is 6.19. The number of carbonyl (C=O) groups is 1. The van der Waals surface area contributed by atoms with E-state index < -0.39 is 0 Å². The van der Waals surface area contributed by atoms with Crippen LogP contribution >= 0.6 is 0 Å². The van der Waals surface area contributed by atoms with Crippen molar-refractivity contribution in [3.05, 3.63) is 29.6 Å². The fraction of sp³-hybridized carbons (Fsp3) is 0.591. The van der Waals surface area contributed by atoms with Gasteiger partial charge in [-0.3, -0.25) is 4.79 Å². The smallest absolute Gasteiger partial charge is 0.224 e. The highest BCUT2D eigenvalue weighted by Gasteiger charge is 2.32. The minimum Gasteiger partial charge on any atom is -0.324 e. The number of nitrogens with zero attached hydrogens (tertiary/aromatic N) is 4. The van der Waals surface area contributed by atoms with Gasteiger partial charge in [0.15, 0.2) is 0 Å². The predicted octanol–water partition coefficient (Wildman–Crippen LogP) is 4.10. The van der Waals surface area contributed by atoms with Crippen LogP contribution in [-0.2, 0) is 17.9 Å². The van der Waals surface area contributed by atoms with E-state index in [-0.39, 0.29) is 5.91 Å². The first-order valence-electron chi connectivity index (χ1n) is 10.3. The molecule has 0 N–H and O–H groups in total. The van der Waals surface area contributed by atoms with Crippen molar-refractivity contribution in [2.24, 2.45) is 17.8 Å². The number of nitriles is 1. The van der Waals surface area contributed by atoms with Gasteiger partial charge >= 0.3 is 0 Å². The number of hydrogen-bond donors (Lipinski definition) is 0. The first-order chi connectivity index (χ1) is 13.1. The Kier molecular flexibility index (Phi) is 4.90. The number of amides is 1. The molecule has 5 nitrogen and oxygen atoms in total. The maximum Gasteiger partial charge on any atom is 0.224 e. The molecule has 27 heavy (non-hydrogen) atoms. The molecule has 1 aliphatic carbocycles. The summed E-state index contributed by atoms with van der Waals surface area (Å²) in [7, 11) is 0. The maximum absolute atomic E-state index is 12.5. The van der Waals surface area contributed by atoms with Crippen LogP contribution in [0.15, 0.2) is 18.2 Å². The van der Waals surface area contributed by atoms with E-state index in [4.69, 9.17) is 4.98 Å². The molecular weight excluding hydrogens is 336 g/mol. The average Bonchev–Trinajstić information content (AvgIpc) is 3.38. The lowest BCUT2D eigenvalue weighted by atomic mass is 10.0. The molecule has 2 fully saturated rings. The lowest BCUT2D eigenvalue weighted by Gasteiger charge is -2.20. The fourth-order valence-electron chi connectivity index (χ4n) is 4.45. The summed E-state index contributed by atoms with van der Waals surface area (Å²) in [5.74, 6) is 3.21. The van der Waals surface area contributed by atoms with Gasteiger partial charge in [-0.2, -0.15) is 5.26 Å². The van der Waals surface area contributed by atoms with Gasteiger partial charge in [0.2, 0.25) is 5.91 Å². The minimum atomic E-state index is 0.255. The van der Waals surface area contributed by atoms with E-state index in [1.807, 2.05) is 23.1 Å². The topological polar surface area (TPSA) is 61.9 Å². The second kappa shape index (κ2) is 7.34. The Hall–Kier alpha value is -2.35. The first-order valence-corrected chi connectivity index (χ1v) is 10.3. The van der Waals surface area contributed by atoms with Crippen molar-refractivity contribution in [1.29, 1.82) is 5.26 Å². The number of benzene rings is 1. The molecule has 1 saturated heterocycles. The molecule has 1 aliphatic heterocycles. The van der Waals surface area contributed by atoms with Crippen molar-refractivity contribution in [2.45, 2.75) is 59.0 Å². The van der Waals surface area contributed by atoms with E-state index in [0.29, 0.717) is 30.5 Å². The molecule has 142 valence electrons. The average molecular weight is 364 g/mol. The van der Waals surface area contributed by atoms with Crippen molar-refractivity contribution in [1.82, 2.24) is 14.5 Å². The summed E-state index contributed by atoms with van der Waals surface area (Å²) in [4.78, 5) is 19.4. The van der Waals surface area contributed by atoms with Crippen LogP contribution in [0.1, 0.15) is 57.3 Å². The highest BCUT2D eigenvalue weighted by Crippen LogP contribution is 2.38. The third-order valence-corrected chi connectivity index (χ3v) is 6.19. The van der Waals surface area contributed by atoms with E-state index in [0.717, 1.165) is 48.6 Å². The molecule has 2 aromatic rings. The Labute approximate surface area is 161 Å². The molecule has 0 bridgehead atoms. The van der Waals surface area contributed by atoms with Gasteiger partial charge in [0.05, 0.1) is 29.3 Å². The number of imidazole rings is 1. The zero-order valence-electron chi connectivity index (χ0n) is 16.3. The van der Waals surface area contributed by atoms with Gasteiger partial charge in [-0.1, -0.05) is 20.3 Å². The number of likely N-dealkylation sites (tertiary alicyclic amines) is 1. The SMILES string of the molecule is CCCC1CC(=O)N(Cn2c(CC(C)C3CC3)nc3cc(C#N)ccc32)C1.